The maximum absolute atomic E-state index is 12.7. The number of imide groups is 1. The summed E-state index contributed by atoms with van der Waals surface area (Å²) in [7, 11) is 0. The number of amides is 2. The number of nitrogens with zero attached hydrogens (tertiary/aromatic N) is 2. The maximum atomic E-state index is 12.7. The van der Waals surface area contributed by atoms with E-state index in [1.165, 1.54) is 4.90 Å². The first-order valence-corrected chi connectivity index (χ1v) is 10.7. The first-order chi connectivity index (χ1) is 13.5. The number of carbonyl (C=O) groups is 2. The normalized spacial score (nSPS) is 27.6. The highest BCUT2D eigenvalue weighted by atomic mass is 127. The van der Waals surface area contributed by atoms with Crippen molar-refractivity contribution in [1.29, 1.82) is 0 Å². The lowest BCUT2D eigenvalue weighted by Gasteiger charge is -2.17. The Morgan fingerprint density at radius 3 is 2.45 bits per heavy atom. The van der Waals surface area contributed by atoms with Gasteiger partial charge in [0.05, 0.1) is 18.4 Å². The van der Waals surface area contributed by atoms with Gasteiger partial charge in [-0.15, -0.1) is 24.0 Å². The SMILES string of the molecule is CCNC(=NCCCN1C(=O)C2C3C=CC(C3)C2C1=O)NCCOCC(C)C.I. The van der Waals surface area contributed by atoms with Gasteiger partial charge in [-0.25, -0.2) is 0 Å². The Kier molecular flexibility index (Phi) is 9.39. The van der Waals surface area contributed by atoms with Crippen molar-refractivity contribution in [1.82, 2.24) is 15.5 Å². The van der Waals surface area contributed by atoms with Crippen LogP contribution in [0.3, 0.4) is 0 Å². The molecule has 1 saturated carbocycles. The van der Waals surface area contributed by atoms with Crippen LogP contribution < -0.4 is 10.6 Å². The van der Waals surface area contributed by atoms with Crippen LogP contribution in [0.5, 0.6) is 0 Å². The van der Waals surface area contributed by atoms with E-state index in [4.69, 9.17) is 4.74 Å². The molecule has 8 heteroatoms. The summed E-state index contributed by atoms with van der Waals surface area (Å²) in [6.07, 6.45) is 5.91. The molecule has 2 aliphatic carbocycles. The summed E-state index contributed by atoms with van der Waals surface area (Å²) in [5.41, 5.74) is 0. The number of carbonyl (C=O) groups excluding carboxylic acids is 2. The maximum Gasteiger partial charge on any atom is 0.233 e. The molecular formula is C21H35IN4O3. The lowest BCUT2D eigenvalue weighted by molar-refractivity contribution is -0.140. The van der Waals surface area contributed by atoms with Crippen molar-refractivity contribution in [3.63, 3.8) is 0 Å². The van der Waals surface area contributed by atoms with Crippen molar-refractivity contribution in [2.75, 3.05) is 39.4 Å². The van der Waals surface area contributed by atoms with E-state index >= 15 is 0 Å². The van der Waals surface area contributed by atoms with Crippen LogP contribution in [0.1, 0.15) is 33.6 Å². The van der Waals surface area contributed by atoms with Gasteiger partial charge in [0.25, 0.3) is 0 Å². The molecule has 3 aliphatic rings. The third-order valence-electron chi connectivity index (χ3n) is 5.71. The zero-order chi connectivity index (χ0) is 20.1. The van der Waals surface area contributed by atoms with E-state index in [0.717, 1.165) is 25.5 Å². The van der Waals surface area contributed by atoms with Gasteiger partial charge >= 0.3 is 0 Å². The van der Waals surface area contributed by atoms with Crippen LogP contribution in [0.15, 0.2) is 17.1 Å². The van der Waals surface area contributed by atoms with Gasteiger partial charge in [0, 0.05) is 32.8 Å². The summed E-state index contributed by atoms with van der Waals surface area (Å²) >= 11 is 0. The second-order valence-corrected chi connectivity index (χ2v) is 8.34. The molecule has 0 radical (unpaired) electrons. The molecule has 0 spiro atoms. The van der Waals surface area contributed by atoms with Gasteiger partial charge in [0.15, 0.2) is 5.96 Å². The third kappa shape index (κ3) is 5.71. The topological polar surface area (TPSA) is 83.0 Å². The van der Waals surface area contributed by atoms with Crippen molar-refractivity contribution < 1.29 is 14.3 Å². The van der Waals surface area contributed by atoms with Crippen LogP contribution in [0.2, 0.25) is 0 Å². The first-order valence-electron chi connectivity index (χ1n) is 10.7. The van der Waals surface area contributed by atoms with Crippen LogP contribution >= 0.6 is 24.0 Å². The molecule has 0 aromatic carbocycles. The molecule has 0 aromatic rings. The fourth-order valence-corrected chi connectivity index (χ4v) is 4.51. The number of hydrogen-bond acceptors (Lipinski definition) is 4. The molecule has 164 valence electrons. The molecule has 7 nitrogen and oxygen atoms in total. The minimum atomic E-state index is -0.101. The minimum absolute atomic E-state index is 0. The predicted molar refractivity (Wildman–Crippen MR) is 124 cm³/mol. The van der Waals surface area contributed by atoms with Crippen LogP contribution in [-0.2, 0) is 14.3 Å². The summed E-state index contributed by atoms with van der Waals surface area (Å²) in [5.74, 6) is 1.68. The summed E-state index contributed by atoms with van der Waals surface area (Å²) < 4.78 is 5.57. The van der Waals surface area contributed by atoms with E-state index in [2.05, 4.69) is 41.6 Å². The molecule has 2 fully saturated rings. The number of allylic oxidation sites excluding steroid dienone is 2. The van der Waals surface area contributed by atoms with Crippen LogP contribution in [0.25, 0.3) is 0 Å². The van der Waals surface area contributed by atoms with E-state index in [0.29, 0.717) is 38.6 Å². The lowest BCUT2D eigenvalue weighted by Crippen LogP contribution is -2.39. The number of fused-ring (bicyclic) bond motifs is 5. The van der Waals surface area contributed by atoms with Crippen LogP contribution in [0.4, 0.5) is 0 Å². The number of nitrogens with one attached hydrogen (secondary N) is 2. The zero-order valence-corrected chi connectivity index (χ0v) is 20.1. The van der Waals surface area contributed by atoms with Gasteiger partial charge < -0.3 is 15.4 Å². The van der Waals surface area contributed by atoms with Gasteiger partial charge in [0.2, 0.25) is 11.8 Å². The fourth-order valence-electron chi connectivity index (χ4n) is 4.51. The monoisotopic (exact) mass is 518 g/mol. The van der Waals surface area contributed by atoms with Gasteiger partial charge in [-0.3, -0.25) is 19.5 Å². The van der Waals surface area contributed by atoms with Crippen molar-refractivity contribution in [3.05, 3.63) is 12.2 Å². The summed E-state index contributed by atoms with van der Waals surface area (Å²) in [6.45, 7) is 10.2. The molecule has 1 aliphatic heterocycles. The minimum Gasteiger partial charge on any atom is -0.379 e. The zero-order valence-electron chi connectivity index (χ0n) is 17.7. The molecule has 4 unspecified atom stereocenters. The Hall–Kier alpha value is -1.16. The van der Waals surface area contributed by atoms with Crippen molar-refractivity contribution in [2.24, 2.45) is 34.6 Å². The average molecular weight is 518 g/mol. The number of rotatable bonds is 10. The Labute approximate surface area is 191 Å². The summed E-state index contributed by atoms with van der Waals surface area (Å²) in [4.78, 5) is 31.4. The van der Waals surface area contributed by atoms with Gasteiger partial charge in [0.1, 0.15) is 0 Å². The second kappa shape index (κ2) is 11.3. The van der Waals surface area contributed by atoms with E-state index < -0.39 is 0 Å². The van der Waals surface area contributed by atoms with Gasteiger partial charge in [-0.05, 0) is 37.5 Å². The van der Waals surface area contributed by atoms with E-state index in [1.807, 2.05) is 6.92 Å². The Balaban J connectivity index is 0.00000300. The number of aliphatic imine (C=N–C) groups is 1. The largest absolute Gasteiger partial charge is 0.379 e. The van der Waals surface area contributed by atoms with Gasteiger partial charge in [-0.2, -0.15) is 0 Å². The molecule has 4 atom stereocenters. The van der Waals surface area contributed by atoms with E-state index in [9.17, 15) is 9.59 Å². The molecule has 0 aromatic heterocycles. The number of ether oxygens (including phenoxy) is 1. The van der Waals surface area contributed by atoms with Crippen LogP contribution in [-0.4, -0.2) is 62.1 Å². The molecule has 1 heterocycles. The molecule has 2 amide bonds. The highest BCUT2D eigenvalue weighted by Crippen LogP contribution is 2.52. The number of hydrogen-bond donors (Lipinski definition) is 2. The van der Waals surface area contributed by atoms with Crippen LogP contribution in [0, 0.1) is 29.6 Å². The fraction of sp³-hybridized carbons (Fsp3) is 0.762. The molecule has 2 bridgehead atoms. The number of guanidine groups is 1. The predicted octanol–water partition coefficient (Wildman–Crippen LogP) is 2.03. The Morgan fingerprint density at radius 2 is 1.86 bits per heavy atom. The molecular weight excluding hydrogens is 483 g/mol. The molecule has 3 rings (SSSR count). The average Bonchev–Trinajstić information content (AvgIpc) is 3.33. The quantitative estimate of drug-likeness (QED) is 0.116. The summed E-state index contributed by atoms with van der Waals surface area (Å²) in [6, 6.07) is 0. The number of likely N-dealkylation sites (tertiary alicyclic amines) is 1. The Morgan fingerprint density at radius 1 is 1.21 bits per heavy atom. The van der Waals surface area contributed by atoms with Crippen molar-refractivity contribution in [3.8, 4) is 0 Å². The highest BCUT2D eigenvalue weighted by Gasteiger charge is 2.58. The second-order valence-electron chi connectivity index (χ2n) is 8.34. The highest BCUT2D eigenvalue weighted by molar-refractivity contribution is 14.0. The third-order valence-corrected chi connectivity index (χ3v) is 5.71. The Bertz CT molecular complexity index is 607. The van der Waals surface area contributed by atoms with E-state index in [-0.39, 0.29) is 59.5 Å². The van der Waals surface area contributed by atoms with E-state index in [1.54, 1.807) is 0 Å². The van der Waals surface area contributed by atoms with Crippen molar-refractivity contribution >= 4 is 41.8 Å². The number of halogens is 1. The smallest absolute Gasteiger partial charge is 0.233 e. The standard InChI is InChI=1S/C21H34N4O3.HI/c1-4-22-21(24-9-11-28-13-14(2)3)23-8-5-10-25-19(26)17-15-6-7-16(12-15)18(17)20(25)27;/h6-7,14-18H,4-5,8-13H2,1-3H3,(H2,22,23,24);1H. The molecule has 1 saturated heterocycles. The lowest BCUT2D eigenvalue weighted by atomic mass is 9.85. The first kappa shape index (κ1) is 24.1. The van der Waals surface area contributed by atoms with Crippen molar-refractivity contribution in [2.45, 2.75) is 33.6 Å². The molecule has 2 N–H and O–H groups in total. The van der Waals surface area contributed by atoms with Gasteiger partial charge in [-0.1, -0.05) is 26.0 Å². The molecule has 29 heavy (non-hydrogen) atoms. The summed E-state index contributed by atoms with van der Waals surface area (Å²) in [5, 5.41) is 6.46.